The van der Waals surface area contributed by atoms with Gasteiger partial charge in [-0.05, 0) is 42.3 Å². The van der Waals surface area contributed by atoms with Gasteiger partial charge in [0.05, 0.1) is 21.8 Å². The minimum absolute atomic E-state index is 0.263. The van der Waals surface area contributed by atoms with Gasteiger partial charge in [-0.15, -0.1) is 11.3 Å². The van der Waals surface area contributed by atoms with Crippen LogP contribution in [0.15, 0.2) is 48.0 Å². The van der Waals surface area contributed by atoms with Gasteiger partial charge in [0.25, 0.3) is 0 Å². The topological polar surface area (TPSA) is 24.9 Å². The van der Waals surface area contributed by atoms with E-state index in [1.165, 1.54) is 10.3 Å². The van der Waals surface area contributed by atoms with Crippen LogP contribution in [0, 0.1) is 0 Å². The first kappa shape index (κ1) is 13.4. The molecule has 0 saturated carbocycles. The molecule has 0 bridgehead atoms. The predicted octanol–water partition coefficient (Wildman–Crippen LogP) is 5.51. The summed E-state index contributed by atoms with van der Waals surface area (Å²) in [6, 6.07) is 14.6. The molecule has 1 N–H and O–H groups in total. The van der Waals surface area contributed by atoms with E-state index in [-0.39, 0.29) is 6.04 Å². The molecule has 0 aliphatic carbocycles. The van der Waals surface area contributed by atoms with Gasteiger partial charge >= 0.3 is 0 Å². The molecule has 0 radical (unpaired) electrons. The average molecular weight is 303 g/mol. The lowest BCUT2D eigenvalue weighted by Crippen LogP contribution is -2.09. The van der Waals surface area contributed by atoms with E-state index >= 15 is 0 Å². The molecule has 0 aliphatic rings. The molecular formula is C16H15ClN2S. The molecule has 4 heteroatoms. The lowest BCUT2D eigenvalue weighted by atomic mass is 10.0. The Morgan fingerprint density at radius 1 is 1.25 bits per heavy atom. The van der Waals surface area contributed by atoms with Gasteiger partial charge < -0.3 is 5.32 Å². The zero-order chi connectivity index (χ0) is 13.9. The highest BCUT2D eigenvalue weighted by Gasteiger charge is 2.10. The molecule has 3 aromatic rings. The summed E-state index contributed by atoms with van der Waals surface area (Å²) in [5, 5.41) is 4.35. The predicted molar refractivity (Wildman–Crippen MR) is 87.7 cm³/mol. The van der Waals surface area contributed by atoms with E-state index in [9.17, 15) is 0 Å². The van der Waals surface area contributed by atoms with Crippen molar-refractivity contribution >= 4 is 38.8 Å². The van der Waals surface area contributed by atoms with Crippen molar-refractivity contribution < 1.29 is 0 Å². The van der Waals surface area contributed by atoms with Crippen LogP contribution in [0.3, 0.4) is 0 Å². The van der Waals surface area contributed by atoms with Crippen LogP contribution in [0.25, 0.3) is 10.2 Å². The van der Waals surface area contributed by atoms with Crippen molar-refractivity contribution in [3.63, 3.8) is 0 Å². The van der Waals surface area contributed by atoms with Gasteiger partial charge in [-0.2, -0.15) is 0 Å². The molecule has 1 heterocycles. The van der Waals surface area contributed by atoms with Gasteiger partial charge in [0, 0.05) is 10.7 Å². The molecule has 0 spiro atoms. The van der Waals surface area contributed by atoms with Crippen LogP contribution >= 0.6 is 22.9 Å². The number of hydrogen-bond donors (Lipinski definition) is 1. The highest BCUT2D eigenvalue weighted by atomic mass is 35.5. The number of thiazole rings is 1. The SMILES string of the molecule is CCC(Nc1ccc2ncsc2c1)c1cccc(Cl)c1. The second-order valence-corrected chi connectivity index (χ2v) is 6.02. The molecule has 0 saturated heterocycles. The highest BCUT2D eigenvalue weighted by Crippen LogP contribution is 2.27. The Hall–Kier alpha value is -1.58. The summed E-state index contributed by atoms with van der Waals surface area (Å²) in [4.78, 5) is 4.30. The van der Waals surface area contributed by atoms with E-state index < -0.39 is 0 Å². The van der Waals surface area contributed by atoms with Gasteiger partial charge in [-0.25, -0.2) is 4.98 Å². The van der Waals surface area contributed by atoms with Crippen LogP contribution in [0.4, 0.5) is 5.69 Å². The van der Waals surface area contributed by atoms with Crippen LogP contribution in [0.1, 0.15) is 24.9 Å². The van der Waals surface area contributed by atoms with Gasteiger partial charge in [-0.1, -0.05) is 30.7 Å². The highest BCUT2D eigenvalue weighted by molar-refractivity contribution is 7.16. The minimum atomic E-state index is 0.263. The van der Waals surface area contributed by atoms with Crippen molar-refractivity contribution in [2.45, 2.75) is 19.4 Å². The summed E-state index contributed by atoms with van der Waals surface area (Å²) in [7, 11) is 0. The maximum absolute atomic E-state index is 6.08. The summed E-state index contributed by atoms with van der Waals surface area (Å²) in [5.74, 6) is 0. The summed E-state index contributed by atoms with van der Waals surface area (Å²) in [6.07, 6.45) is 1.00. The first-order valence-electron chi connectivity index (χ1n) is 6.61. The number of fused-ring (bicyclic) bond motifs is 1. The molecule has 20 heavy (non-hydrogen) atoms. The second kappa shape index (κ2) is 5.81. The molecule has 2 aromatic carbocycles. The molecule has 1 aromatic heterocycles. The molecule has 0 fully saturated rings. The fourth-order valence-electron chi connectivity index (χ4n) is 2.29. The Bertz CT molecular complexity index is 723. The maximum Gasteiger partial charge on any atom is 0.0813 e. The molecule has 1 atom stereocenters. The van der Waals surface area contributed by atoms with Crippen LogP contribution in [0.2, 0.25) is 5.02 Å². The number of hydrogen-bond acceptors (Lipinski definition) is 3. The summed E-state index contributed by atoms with van der Waals surface area (Å²) in [6.45, 7) is 2.17. The normalized spacial score (nSPS) is 12.5. The van der Waals surface area contributed by atoms with E-state index in [4.69, 9.17) is 11.6 Å². The maximum atomic E-state index is 6.08. The number of rotatable bonds is 4. The number of anilines is 1. The van der Waals surface area contributed by atoms with E-state index in [0.29, 0.717) is 0 Å². The van der Waals surface area contributed by atoms with Crippen LogP contribution in [-0.2, 0) is 0 Å². The zero-order valence-corrected chi connectivity index (χ0v) is 12.7. The summed E-state index contributed by atoms with van der Waals surface area (Å²) < 4.78 is 1.20. The molecule has 3 rings (SSSR count). The summed E-state index contributed by atoms with van der Waals surface area (Å²) in [5.41, 5.74) is 5.26. The molecule has 1 unspecified atom stereocenters. The van der Waals surface area contributed by atoms with Crippen molar-refractivity contribution in [2.24, 2.45) is 0 Å². The van der Waals surface area contributed by atoms with Gasteiger partial charge in [0.15, 0.2) is 0 Å². The average Bonchev–Trinajstić information content (AvgIpc) is 2.92. The number of aromatic nitrogens is 1. The number of benzene rings is 2. The lowest BCUT2D eigenvalue weighted by Gasteiger charge is -2.19. The van der Waals surface area contributed by atoms with Gasteiger partial charge in [0.2, 0.25) is 0 Å². The van der Waals surface area contributed by atoms with Crippen LogP contribution in [0.5, 0.6) is 0 Å². The van der Waals surface area contributed by atoms with E-state index in [0.717, 1.165) is 22.6 Å². The smallest absolute Gasteiger partial charge is 0.0813 e. The number of nitrogens with zero attached hydrogens (tertiary/aromatic N) is 1. The second-order valence-electron chi connectivity index (χ2n) is 4.70. The zero-order valence-electron chi connectivity index (χ0n) is 11.1. The van der Waals surface area contributed by atoms with Crippen molar-refractivity contribution in [1.82, 2.24) is 4.98 Å². The van der Waals surface area contributed by atoms with Crippen molar-refractivity contribution in [3.8, 4) is 0 Å². The summed E-state index contributed by atoms with van der Waals surface area (Å²) >= 11 is 7.74. The molecule has 0 aliphatic heterocycles. The lowest BCUT2D eigenvalue weighted by molar-refractivity contribution is 0.750. The molecule has 102 valence electrons. The van der Waals surface area contributed by atoms with Crippen LogP contribution < -0.4 is 5.32 Å². The quantitative estimate of drug-likeness (QED) is 0.687. The Morgan fingerprint density at radius 2 is 2.15 bits per heavy atom. The van der Waals surface area contributed by atoms with E-state index in [1.807, 2.05) is 23.7 Å². The fourth-order valence-corrected chi connectivity index (χ4v) is 3.21. The first-order chi connectivity index (χ1) is 9.76. The van der Waals surface area contributed by atoms with Gasteiger partial charge in [-0.3, -0.25) is 0 Å². The Kier molecular flexibility index (Phi) is 3.90. The third-order valence-electron chi connectivity index (χ3n) is 3.33. The third kappa shape index (κ3) is 2.79. The first-order valence-corrected chi connectivity index (χ1v) is 7.87. The van der Waals surface area contributed by atoms with Crippen molar-refractivity contribution in [2.75, 3.05) is 5.32 Å². The monoisotopic (exact) mass is 302 g/mol. The number of nitrogens with one attached hydrogen (secondary N) is 1. The number of halogens is 1. The van der Waals surface area contributed by atoms with Crippen molar-refractivity contribution in [3.05, 3.63) is 58.6 Å². The molecule has 0 amide bonds. The van der Waals surface area contributed by atoms with Crippen LogP contribution in [-0.4, -0.2) is 4.98 Å². The Balaban J connectivity index is 1.87. The van der Waals surface area contributed by atoms with E-state index in [2.05, 4.69) is 41.5 Å². The third-order valence-corrected chi connectivity index (χ3v) is 4.36. The Labute approximate surface area is 127 Å². The molecular weight excluding hydrogens is 288 g/mol. The van der Waals surface area contributed by atoms with Crippen molar-refractivity contribution in [1.29, 1.82) is 0 Å². The fraction of sp³-hybridized carbons (Fsp3) is 0.188. The standard InChI is InChI=1S/C16H15ClN2S/c1-2-14(11-4-3-5-12(17)8-11)19-13-6-7-15-16(9-13)20-10-18-15/h3-10,14,19H,2H2,1H3. The minimum Gasteiger partial charge on any atom is -0.378 e. The van der Waals surface area contributed by atoms with E-state index in [1.54, 1.807) is 11.3 Å². The van der Waals surface area contributed by atoms with Gasteiger partial charge in [0.1, 0.15) is 0 Å². The molecule has 2 nitrogen and oxygen atoms in total. The largest absolute Gasteiger partial charge is 0.378 e. The Morgan fingerprint density at radius 3 is 2.95 bits per heavy atom.